The summed E-state index contributed by atoms with van der Waals surface area (Å²) in [5.41, 5.74) is 2.29. The van der Waals surface area contributed by atoms with Crippen molar-refractivity contribution in [1.29, 1.82) is 0 Å². The van der Waals surface area contributed by atoms with Crippen LogP contribution in [0, 0.1) is 12.8 Å². The average molecular weight is 340 g/mol. The molecule has 1 fully saturated rings. The molecule has 0 unspecified atom stereocenters. The fraction of sp³-hybridized carbons (Fsp3) is 0.529. The Kier molecular flexibility index (Phi) is 7.52. The molecule has 1 heterocycles. The average Bonchev–Trinajstić information content (AvgIpc) is 2.49. The van der Waals surface area contributed by atoms with Gasteiger partial charge in [-0.15, -0.1) is 12.4 Å². The molecular weight excluding hydrogens is 314 g/mol. The van der Waals surface area contributed by atoms with Crippen LogP contribution in [-0.4, -0.2) is 43.9 Å². The summed E-state index contributed by atoms with van der Waals surface area (Å²) in [7, 11) is 3.44. The van der Waals surface area contributed by atoms with Crippen LogP contribution in [0.5, 0.6) is 0 Å². The van der Waals surface area contributed by atoms with E-state index in [2.05, 4.69) is 10.6 Å². The van der Waals surface area contributed by atoms with Crippen molar-refractivity contribution in [2.75, 3.05) is 32.5 Å². The molecule has 1 aliphatic heterocycles. The van der Waals surface area contributed by atoms with Gasteiger partial charge >= 0.3 is 0 Å². The van der Waals surface area contributed by atoms with Gasteiger partial charge < -0.3 is 15.5 Å². The summed E-state index contributed by atoms with van der Waals surface area (Å²) >= 11 is 0. The number of anilines is 1. The fourth-order valence-electron chi connectivity index (χ4n) is 2.70. The van der Waals surface area contributed by atoms with Crippen molar-refractivity contribution in [3.8, 4) is 0 Å². The predicted molar refractivity (Wildman–Crippen MR) is 95.3 cm³/mol. The fourth-order valence-corrected chi connectivity index (χ4v) is 2.70. The molecule has 2 N–H and O–H groups in total. The lowest BCUT2D eigenvalue weighted by Gasteiger charge is -2.22. The first-order valence-electron chi connectivity index (χ1n) is 7.80. The van der Waals surface area contributed by atoms with Crippen LogP contribution in [-0.2, 0) is 4.79 Å². The van der Waals surface area contributed by atoms with Crippen LogP contribution in [0.4, 0.5) is 5.69 Å². The maximum absolute atomic E-state index is 12.2. The van der Waals surface area contributed by atoms with Crippen LogP contribution >= 0.6 is 12.4 Å². The zero-order chi connectivity index (χ0) is 16.1. The molecule has 0 radical (unpaired) electrons. The van der Waals surface area contributed by atoms with Gasteiger partial charge in [-0.1, -0.05) is 6.07 Å². The maximum atomic E-state index is 12.2. The Morgan fingerprint density at radius 2 is 1.91 bits per heavy atom. The van der Waals surface area contributed by atoms with Gasteiger partial charge in [0.05, 0.1) is 0 Å². The second-order valence-electron chi connectivity index (χ2n) is 6.17. The molecule has 1 aliphatic rings. The van der Waals surface area contributed by atoms with Gasteiger partial charge in [0.25, 0.3) is 5.91 Å². The quantitative estimate of drug-likeness (QED) is 0.885. The Morgan fingerprint density at radius 3 is 2.52 bits per heavy atom. The molecule has 0 aliphatic carbocycles. The van der Waals surface area contributed by atoms with Crippen LogP contribution in [0.25, 0.3) is 0 Å². The first-order valence-corrected chi connectivity index (χ1v) is 7.80. The number of nitrogens with zero attached hydrogens (tertiary/aromatic N) is 1. The maximum Gasteiger partial charge on any atom is 0.253 e. The van der Waals surface area contributed by atoms with Crippen LogP contribution in [0.1, 0.15) is 35.2 Å². The van der Waals surface area contributed by atoms with Gasteiger partial charge in [0, 0.05) is 31.8 Å². The highest BCUT2D eigenvalue weighted by Crippen LogP contribution is 2.20. The van der Waals surface area contributed by atoms with Gasteiger partial charge in [-0.25, -0.2) is 0 Å². The Labute approximate surface area is 144 Å². The summed E-state index contributed by atoms with van der Waals surface area (Å²) in [6, 6.07) is 5.43. The standard InChI is InChI=1S/C17H25N3O2.ClH/c1-12-4-5-14(17(22)20(2)3)11-15(12)19-16(21)10-13-6-8-18-9-7-13;/h4-5,11,13,18H,6-10H2,1-3H3,(H,19,21);1H. The van der Waals surface area contributed by atoms with E-state index in [9.17, 15) is 9.59 Å². The van der Waals surface area contributed by atoms with Gasteiger partial charge in [0.15, 0.2) is 0 Å². The summed E-state index contributed by atoms with van der Waals surface area (Å²) < 4.78 is 0. The summed E-state index contributed by atoms with van der Waals surface area (Å²) in [6.45, 7) is 3.91. The third-order valence-corrected chi connectivity index (χ3v) is 4.10. The van der Waals surface area contributed by atoms with E-state index in [1.54, 1.807) is 26.2 Å². The Morgan fingerprint density at radius 1 is 1.26 bits per heavy atom. The smallest absolute Gasteiger partial charge is 0.253 e. The van der Waals surface area contributed by atoms with Crippen molar-refractivity contribution in [2.24, 2.45) is 5.92 Å². The molecule has 23 heavy (non-hydrogen) atoms. The van der Waals surface area contributed by atoms with Crippen molar-refractivity contribution < 1.29 is 9.59 Å². The lowest BCUT2D eigenvalue weighted by atomic mass is 9.94. The molecular formula is C17H26ClN3O2. The molecule has 1 aromatic carbocycles. The molecule has 5 nitrogen and oxygen atoms in total. The monoisotopic (exact) mass is 339 g/mol. The lowest BCUT2D eigenvalue weighted by Crippen LogP contribution is -2.30. The second kappa shape index (κ2) is 8.89. The van der Waals surface area contributed by atoms with Crippen LogP contribution in [0.15, 0.2) is 18.2 Å². The highest BCUT2D eigenvalue weighted by Gasteiger charge is 2.18. The minimum atomic E-state index is -0.0612. The number of benzene rings is 1. The number of carbonyl (C=O) groups excluding carboxylic acids is 2. The highest BCUT2D eigenvalue weighted by atomic mass is 35.5. The molecule has 1 saturated heterocycles. The summed E-state index contributed by atoms with van der Waals surface area (Å²) in [4.78, 5) is 25.8. The number of hydrogen-bond acceptors (Lipinski definition) is 3. The minimum absolute atomic E-state index is 0. The molecule has 0 saturated carbocycles. The van der Waals surface area contributed by atoms with Crippen LogP contribution < -0.4 is 10.6 Å². The van der Waals surface area contributed by atoms with Crippen molar-refractivity contribution in [2.45, 2.75) is 26.2 Å². The molecule has 128 valence electrons. The second-order valence-corrected chi connectivity index (χ2v) is 6.17. The predicted octanol–water partition coefficient (Wildman–Crippen LogP) is 2.45. The van der Waals surface area contributed by atoms with E-state index < -0.39 is 0 Å². The zero-order valence-corrected chi connectivity index (χ0v) is 14.8. The van der Waals surface area contributed by atoms with E-state index in [1.807, 2.05) is 13.0 Å². The largest absolute Gasteiger partial charge is 0.345 e. The molecule has 0 aromatic heterocycles. The van der Waals surface area contributed by atoms with Gasteiger partial charge in [-0.2, -0.15) is 0 Å². The van der Waals surface area contributed by atoms with Crippen molar-refractivity contribution in [1.82, 2.24) is 10.2 Å². The summed E-state index contributed by atoms with van der Waals surface area (Å²) in [5, 5.41) is 6.27. The molecule has 1 aromatic rings. The normalized spacial score (nSPS) is 14.7. The first kappa shape index (κ1) is 19.5. The Balaban J connectivity index is 0.00000264. The van der Waals surface area contributed by atoms with Gasteiger partial charge in [0.2, 0.25) is 5.91 Å². The zero-order valence-electron chi connectivity index (χ0n) is 14.0. The molecule has 0 bridgehead atoms. The lowest BCUT2D eigenvalue weighted by molar-refractivity contribution is -0.117. The Hall–Kier alpha value is -1.59. The molecule has 0 spiro atoms. The van der Waals surface area contributed by atoms with E-state index in [0.29, 0.717) is 17.9 Å². The van der Waals surface area contributed by atoms with E-state index in [-0.39, 0.29) is 24.2 Å². The summed E-state index contributed by atoms with van der Waals surface area (Å²) in [6.07, 6.45) is 2.64. The van der Waals surface area contributed by atoms with E-state index in [4.69, 9.17) is 0 Å². The molecule has 6 heteroatoms. The molecule has 2 rings (SSSR count). The highest BCUT2D eigenvalue weighted by molar-refractivity contribution is 5.97. The molecule has 2 amide bonds. The number of amides is 2. The Bertz CT molecular complexity index is 555. The van der Waals surface area contributed by atoms with Crippen molar-refractivity contribution in [3.63, 3.8) is 0 Å². The third-order valence-electron chi connectivity index (χ3n) is 4.10. The number of piperidine rings is 1. The molecule has 0 atom stereocenters. The first-order chi connectivity index (χ1) is 10.5. The summed E-state index contributed by atoms with van der Waals surface area (Å²) in [5.74, 6) is 0.423. The number of aryl methyl sites for hydroxylation is 1. The third kappa shape index (κ3) is 5.52. The van der Waals surface area contributed by atoms with E-state index in [0.717, 1.165) is 37.2 Å². The van der Waals surface area contributed by atoms with Gasteiger partial charge in [-0.3, -0.25) is 9.59 Å². The van der Waals surface area contributed by atoms with E-state index in [1.165, 1.54) is 4.90 Å². The number of carbonyl (C=O) groups is 2. The van der Waals surface area contributed by atoms with Crippen LogP contribution in [0.2, 0.25) is 0 Å². The number of rotatable bonds is 4. The van der Waals surface area contributed by atoms with Gasteiger partial charge in [0.1, 0.15) is 0 Å². The van der Waals surface area contributed by atoms with E-state index >= 15 is 0 Å². The van der Waals surface area contributed by atoms with Crippen molar-refractivity contribution >= 4 is 29.9 Å². The topological polar surface area (TPSA) is 61.4 Å². The number of halogens is 1. The number of nitrogens with one attached hydrogen (secondary N) is 2. The van der Waals surface area contributed by atoms with Crippen molar-refractivity contribution in [3.05, 3.63) is 29.3 Å². The van der Waals surface area contributed by atoms with Crippen LogP contribution in [0.3, 0.4) is 0 Å². The van der Waals surface area contributed by atoms with Gasteiger partial charge in [-0.05, 0) is 56.5 Å². The minimum Gasteiger partial charge on any atom is -0.345 e. The SMILES string of the molecule is Cc1ccc(C(=O)N(C)C)cc1NC(=O)CC1CCNCC1.Cl. The number of hydrogen-bond donors (Lipinski definition) is 2.